The van der Waals surface area contributed by atoms with Crippen molar-refractivity contribution in [2.45, 2.75) is 64.3 Å². The molecule has 1 aromatic carbocycles. The third kappa shape index (κ3) is 4.26. The molecule has 1 fully saturated rings. The van der Waals surface area contributed by atoms with E-state index in [1.165, 1.54) is 0 Å². The molecule has 2 heterocycles. The van der Waals surface area contributed by atoms with Crippen LogP contribution in [-0.4, -0.2) is 43.4 Å². The summed E-state index contributed by atoms with van der Waals surface area (Å²) in [5, 5.41) is 0. The summed E-state index contributed by atoms with van der Waals surface area (Å²) in [4.78, 5) is 19.3. The van der Waals surface area contributed by atoms with Gasteiger partial charge in [-0.3, -0.25) is 9.00 Å². The molecule has 1 saturated heterocycles. The molecule has 0 spiro atoms. The van der Waals surface area contributed by atoms with Gasteiger partial charge in [0.05, 0.1) is 21.8 Å². The van der Waals surface area contributed by atoms with Crippen molar-refractivity contribution in [3.05, 3.63) is 24.0 Å². The number of hydrogen-bond acceptors (Lipinski definition) is 3. The first-order valence-electron chi connectivity index (χ1n) is 9.85. The van der Waals surface area contributed by atoms with Crippen molar-refractivity contribution in [3.63, 3.8) is 0 Å². The van der Waals surface area contributed by atoms with Gasteiger partial charge >= 0.3 is 0 Å². The Hall–Kier alpha value is -1.69. The van der Waals surface area contributed by atoms with Crippen LogP contribution < -0.4 is 0 Å². The molecule has 0 aliphatic carbocycles. The van der Waals surface area contributed by atoms with Gasteiger partial charge in [0.25, 0.3) is 0 Å². The normalized spacial score (nSPS) is 17.4. The molecule has 3 rings (SSSR count). The predicted molar refractivity (Wildman–Crippen MR) is 110 cm³/mol. The van der Waals surface area contributed by atoms with Crippen molar-refractivity contribution in [3.8, 4) is 0 Å². The Labute approximate surface area is 164 Å². The maximum absolute atomic E-state index is 12.2. The minimum atomic E-state index is -0.966. The summed E-state index contributed by atoms with van der Waals surface area (Å²) in [6, 6.07) is 6.04. The molecular weight excluding hydrogens is 358 g/mol. The molecule has 5 nitrogen and oxygen atoms in total. The number of benzene rings is 1. The van der Waals surface area contributed by atoms with Crippen LogP contribution >= 0.6 is 0 Å². The monoisotopic (exact) mass is 389 g/mol. The second-order valence-corrected chi connectivity index (χ2v) is 10.3. The summed E-state index contributed by atoms with van der Waals surface area (Å²) in [5.41, 5.74) is 1.98. The summed E-state index contributed by atoms with van der Waals surface area (Å²) >= 11 is 0. The highest BCUT2D eigenvalue weighted by Crippen LogP contribution is 2.30. The van der Waals surface area contributed by atoms with Crippen LogP contribution in [0, 0.1) is 5.92 Å². The van der Waals surface area contributed by atoms with Gasteiger partial charge in [-0.1, -0.05) is 27.7 Å². The molecule has 1 aliphatic heterocycles. The van der Waals surface area contributed by atoms with Gasteiger partial charge in [0.15, 0.2) is 0 Å². The van der Waals surface area contributed by atoms with E-state index < -0.39 is 10.8 Å². The fraction of sp³-hybridized carbons (Fsp3) is 0.619. The molecule has 1 aliphatic rings. The van der Waals surface area contributed by atoms with Crippen LogP contribution in [-0.2, 0) is 27.6 Å². The van der Waals surface area contributed by atoms with E-state index in [0.717, 1.165) is 54.2 Å². The van der Waals surface area contributed by atoms with Gasteiger partial charge in [-0.05, 0) is 37.0 Å². The highest BCUT2D eigenvalue weighted by Gasteiger charge is 2.27. The maximum atomic E-state index is 12.2. The van der Waals surface area contributed by atoms with E-state index in [4.69, 9.17) is 4.98 Å². The minimum Gasteiger partial charge on any atom is -0.343 e. The van der Waals surface area contributed by atoms with Crippen molar-refractivity contribution in [2.75, 3.05) is 18.8 Å². The first-order chi connectivity index (χ1) is 12.7. The number of rotatable bonds is 4. The number of nitrogens with zero attached hydrogens (tertiary/aromatic N) is 3. The Morgan fingerprint density at radius 3 is 2.48 bits per heavy atom. The first kappa shape index (κ1) is 20.1. The summed E-state index contributed by atoms with van der Waals surface area (Å²) in [6.45, 7) is 12.8. The molecule has 27 heavy (non-hydrogen) atoms. The molecule has 0 bridgehead atoms. The third-order valence-corrected chi connectivity index (χ3v) is 6.72. The first-order valence-corrected chi connectivity index (χ1v) is 11.2. The standard InChI is InChI=1S/C21H31N3O2S/c1-6-27(26)17-7-8-19-18(13-17)22-20(21(3,4)5)24(19)14-16-9-11-23(12-10-16)15(2)25/h7-8,13,16H,6,9-12,14H2,1-5H3. The zero-order valence-electron chi connectivity index (χ0n) is 17.1. The third-order valence-electron chi connectivity index (χ3n) is 5.42. The lowest BCUT2D eigenvalue weighted by molar-refractivity contribution is -0.130. The van der Waals surface area contributed by atoms with Gasteiger partial charge < -0.3 is 9.47 Å². The van der Waals surface area contributed by atoms with Gasteiger partial charge in [0.2, 0.25) is 5.91 Å². The van der Waals surface area contributed by atoms with E-state index in [-0.39, 0.29) is 11.3 Å². The molecule has 0 radical (unpaired) electrons. The second kappa shape index (κ2) is 7.74. The number of carbonyl (C=O) groups excluding carboxylic acids is 1. The Balaban J connectivity index is 1.93. The average Bonchev–Trinajstić information content (AvgIpc) is 2.99. The van der Waals surface area contributed by atoms with E-state index in [2.05, 4.69) is 31.4 Å². The van der Waals surface area contributed by atoms with E-state index >= 15 is 0 Å². The van der Waals surface area contributed by atoms with Crippen molar-refractivity contribution in [2.24, 2.45) is 5.92 Å². The van der Waals surface area contributed by atoms with Crippen LogP contribution in [0.3, 0.4) is 0 Å². The minimum absolute atomic E-state index is 0.0663. The smallest absolute Gasteiger partial charge is 0.219 e. The number of likely N-dealkylation sites (tertiary alicyclic amines) is 1. The summed E-state index contributed by atoms with van der Waals surface area (Å²) in [5.74, 6) is 2.41. The van der Waals surface area contributed by atoms with E-state index in [1.807, 2.05) is 24.0 Å². The van der Waals surface area contributed by atoms with Crippen LogP contribution in [0.1, 0.15) is 53.3 Å². The largest absolute Gasteiger partial charge is 0.343 e. The van der Waals surface area contributed by atoms with Gasteiger partial charge in [-0.2, -0.15) is 0 Å². The lowest BCUT2D eigenvalue weighted by atomic mass is 9.93. The molecule has 1 aromatic heterocycles. The van der Waals surface area contributed by atoms with E-state index in [0.29, 0.717) is 11.7 Å². The van der Waals surface area contributed by atoms with Crippen LogP contribution in [0.2, 0.25) is 0 Å². The Morgan fingerprint density at radius 1 is 1.26 bits per heavy atom. The van der Waals surface area contributed by atoms with Crippen molar-refractivity contribution >= 4 is 27.7 Å². The highest BCUT2D eigenvalue weighted by atomic mass is 32.2. The van der Waals surface area contributed by atoms with E-state index in [1.54, 1.807) is 6.92 Å². The van der Waals surface area contributed by atoms with Crippen LogP contribution in [0.25, 0.3) is 11.0 Å². The van der Waals surface area contributed by atoms with E-state index in [9.17, 15) is 9.00 Å². The SMILES string of the molecule is CCS(=O)c1ccc2c(c1)nc(C(C)(C)C)n2CC1CCN(C(C)=O)CC1. The predicted octanol–water partition coefficient (Wildman–Crippen LogP) is 3.72. The number of hydrogen-bond donors (Lipinski definition) is 0. The van der Waals surface area contributed by atoms with Gasteiger partial charge in [0.1, 0.15) is 5.82 Å². The number of imidazole rings is 1. The van der Waals surface area contributed by atoms with Crippen molar-refractivity contribution in [1.29, 1.82) is 0 Å². The number of carbonyl (C=O) groups is 1. The van der Waals surface area contributed by atoms with Gasteiger partial charge in [-0.25, -0.2) is 4.98 Å². The summed E-state index contributed by atoms with van der Waals surface area (Å²) < 4.78 is 14.5. The quantitative estimate of drug-likeness (QED) is 0.801. The molecule has 0 saturated carbocycles. The maximum Gasteiger partial charge on any atom is 0.219 e. The number of aromatic nitrogens is 2. The Bertz CT molecular complexity index is 858. The number of amides is 1. The Morgan fingerprint density at radius 2 is 1.93 bits per heavy atom. The summed E-state index contributed by atoms with van der Waals surface area (Å²) in [7, 11) is -0.966. The van der Waals surface area contributed by atoms with Crippen molar-refractivity contribution < 1.29 is 9.00 Å². The van der Waals surface area contributed by atoms with Crippen LogP contribution in [0.4, 0.5) is 0 Å². The van der Waals surface area contributed by atoms with Gasteiger partial charge in [-0.15, -0.1) is 0 Å². The topological polar surface area (TPSA) is 55.2 Å². The molecular formula is C21H31N3O2S. The average molecular weight is 390 g/mol. The fourth-order valence-corrected chi connectivity index (χ4v) is 4.66. The zero-order chi connectivity index (χ0) is 19.8. The second-order valence-electron chi connectivity index (χ2n) is 8.53. The molecule has 148 valence electrons. The lowest BCUT2D eigenvalue weighted by Gasteiger charge is -2.32. The molecule has 1 atom stereocenters. The Kier molecular flexibility index (Phi) is 5.75. The highest BCUT2D eigenvalue weighted by molar-refractivity contribution is 7.85. The molecule has 1 unspecified atom stereocenters. The molecule has 2 aromatic rings. The zero-order valence-corrected chi connectivity index (χ0v) is 17.9. The fourth-order valence-electron chi connectivity index (χ4n) is 3.86. The van der Waals surface area contributed by atoms with Crippen molar-refractivity contribution in [1.82, 2.24) is 14.5 Å². The van der Waals surface area contributed by atoms with Gasteiger partial charge in [0, 0.05) is 42.6 Å². The molecule has 0 N–H and O–H groups in total. The lowest BCUT2D eigenvalue weighted by Crippen LogP contribution is -2.38. The van der Waals surface area contributed by atoms with Crippen LogP contribution in [0.5, 0.6) is 0 Å². The van der Waals surface area contributed by atoms with Crippen LogP contribution in [0.15, 0.2) is 23.1 Å². The molecule has 6 heteroatoms. The molecule has 1 amide bonds. The summed E-state index contributed by atoms with van der Waals surface area (Å²) in [6.07, 6.45) is 2.06. The number of piperidine rings is 1. The number of fused-ring (bicyclic) bond motifs is 1.